The lowest BCUT2D eigenvalue weighted by Gasteiger charge is -2.15. The summed E-state index contributed by atoms with van der Waals surface area (Å²) in [5, 5.41) is 5.55. The van der Waals surface area contributed by atoms with Crippen LogP contribution >= 0.6 is 23.1 Å². The number of rotatable bonds is 8. The van der Waals surface area contributed by atoms with Crippen LogP contribution in [0.2, 0.25) is 0 Å². The molecule has 0 bridgehead atoms. The van der Waals surface area contributed by atoms with Crippen molar-refractivity contribution in [1.82, 2.24) is 19.7 Å². The molecule has 0 N–H and O–H groups in total. The maximum atomic E-state index is 13.6. The summed E-state index contributed by atoms with van der Waals surface area (Å²) in [4.78, 5) is 24.9. The molecular weight excluding hydrogens is 456 g/mol. The Morgan fingerprint density at radius 1 is 1.24 bits per heavy atom. The van der Waals surface area contributed by atoms with Gasteiger partial charge in [-0.25, -0.2) is 4.98 Å². The van der Waals surface area contributed by atoms with Crippen molar-refractivity contribution in [2.75, 3.05) is 6.61 Å². The van der Waals surface area contributed by atoms with Crippen LogP contribution in [-0.4, -0.2) is 32.4 Å². The van der Waals surface area contributed by atoms with Crippen LogP contribution in [0.3, 0.4) is 0 Å². The molecule has 1 aromatic carbocycles. The van der Waals surface area contributed by atoms with E-state index in [2.05, 4.69) is 24.0 Å². The van der Waals surface area contributed by atoms with Crippen molar-refractivity contribution in [3.05, 3.63) is 68.4 Å². The molecule has 1 aliphatic rings. The standard InChI is InChI=1S/C24H26N4O3S2/c1-3-18-15(2)33-22-21(18)23(29)28(13-17-10-7-11-30-17)24(26-22)32-14-20-25-19(27-31-20)12-16-8-5-4-6-9-16/h4-6,8-9,17H,3,7,10-14H2,1-2H3. The van der Waals surface area contributed by atoms with E-state index in [-0.39, 0.29) is 11.7 Å². The third-order valence-electron chi connectivity index (χ3n) is 5.88. The average molecular weight is 483 g/mol. The van der Waals surface area contributed by atoms with Crippen LogP contribution in [0, 0.1) is 6.92 Å². The number of nitrogens with zero attached hydrogens (tertiary/aromatic N) is 4. The highest BCUT2D eigenvalue weighted by molar-refractivity contribution is 7.98. The molecule has 5 rings (SSSR count). The molecule has 1 fully saturated rings. The van der Waals surface area contributed by atoms with E-state index in [0.717, 1.165) is 52.1 Å². The molecule has 4 aromatic rings. The first-order chi connectivity index (χ1) is 16.1. The maximum Gasteiger partial charge on any atom is 0.263 e. The monoisotopic (exact) mass is 482 g/mol. The van der Waals surface area contributed by atoms with Gasteiger partial charge in [-0.3, -0.25) is 9.36 Å². The Labute approximate surface area is 200 Å². The van der Waals surface area contributed by atoms with E-state index in [0.29, 0.717) is 35.6 Å². The van der Waals surface area contributed by atoms with Crippen LogP contribution in [0.15, 0.2) is 44.8 Å². The highest BCUT2D eigenvalue weighted by Crippen LogP contribution is 2.31. The van der Waals surface area contributed by atoms with E-state index >= 15 is 0 Å². The van der Waals surface area contributed by atoms with Gasteiger partial charge in [-0.15, -0.1) is 11.3 Å². The van der Waals surface area contributed by atoms with Gasteiger partial charge in [0.25, 0.3) is 5.56 Å². The zero-order valence-electron chi connectivity index (χ0n) is 18.7. The summed E-state index contributed by atoms with van der Waals surface area (Å²) >= 11 is 3.05. The number of thioether (sulfide) groups is 1. The molecule has 1 unspecified atom stereocenters. The maximum absolute atomic E-state index is 13.6. The lowest BCUT2D eigenvalue weighted by molar-refractivity contribution is 0.0937. The van der Waals surface area contributed by atoms with Crippen LogP contribution in [0.4, 0.5) is 0 Å². The Bertz CT molecular complexity index is 1310. The van der Waals surface area contributed by atoms with Gasteiger partial charge in [-0.05, 0) is 37.3 Å². The molecule has 0 aliphatic carbocycles. The van der Waals surface area contributed by atoms with Gasteiger partial charge >= 0.3 is 0 Å². The van der Waals surface area contributed by atoms with Crippen molar-refractivity contribution in [2.24, 2.45) is 0 Å². The lowest BCUT2D eigenvalue weighted by Crippen LogP contribution is -2.29. The number of benzene rings is 1. The van der Waals surface area contributed by atoms with Gasteiger partial charge in [0.05, 0.1) is 23.8 Å². The molecule has 33 heavy (non-hydrogen) atoms. The summed E-state index contributed by atoms with van der Waals surface area (Å²) in [5.74, 6) is 1.63. The van der Waals surface area contributed by atoms with Gasteiger partial charge in [0, 0.05) is 17.9 Å². The molecule has 172 valence electrons. The Balaban J connectivity index is 1.41. The largest absolute Gasteiger partial charge is 0.376 e. The molecule has 1 aliphatic heterocycles. The molecule has 3 aromatic heterocycles. The molecule has 0 saturated carbocycles. The Morgan fingerprint density at radius 2 is 2.09 bits per heavy atom. The van der Waals surface area contributed by atoms with Gasteiger partial charge in [0.2, 0.25) is 5.89 Å². The van der Waals surface area contributed by atoms with E-state index < -0.39 is 0 Å². The number of aromatic nitrogens is 4. The molecule has 1 saturated heterocycles. The number of aryl methyl sites for hydroxylation is 2. The fourth-order valence-corrected chi connectivity index (χ4v) is 6.25. The number of ether oxygens (including phenoxy) is 1. The van der Waals surface area contributed by atoms with Gasteiger partial charge in [0.1, 0.15) is 4.83 Å². The van der Waals surface area contributed by atoms with Crippen LogP contribution < -0.4 is 5.56 Å². The number of thiophene rings is 1. The van der Waals surface area contributed by atoms with Crippen molar-refractivity contribution in [1.29, 1.82) is 0 Å². The summed E-state index contributed by atoms with van der Waals surface area (Å²) in [6, 6.07) is 10.1. The third-order valence-corrected chi connectivity index (χ3v) is 7.88. The SMILES string of the molecule is CCc1c(C)sc2nc(SCc3nc(Cc4ccccc4)no3)n(CC3CCCO3)c(=O)c12. The molecular formula is C24H26N4O3S2. The van der Waals surface area contributed by atoms with Crippen molar-refractivity contribution in [2.45, 2.75) is 63.1 Å². The molecule has 9 heteroatoms. The minimum absolute atomic E-state index is 0.0227. The van der Waals surface area contributed by atoms with E-state index in [9.17, 15) is 4.79 Å². The Hall–Kier alpha value is -2.49. The molecule has 4 heterocycles. The molecule has 7 nitrogen and oxygen atoms in total. The highest BCUT2D eigenvalue weighted by atomic mass is 32.2. The summed E-state index contributed by atoms with van der Waals surface area (Å²) < 4.78 is 13.1. The van der Waals surface area contributed by atoms with Gasteiger partial charge in [-0.2, -0.15) is 4.98 Å². The first-order valence-electron chi connectivity index (χ1n) is 11.2. The second-order valence-corrected chi connectivity index (χ2v) is 10.3. The molecule has 1 atom stereocenters. The van der Waals surface area contributed by atoms with Gasteiger partial charge in [0.15, 0.2) is 11.0 Å². The van der Waals surface area contributed by atoms with Gasteiger partial charge < -0.3 is 9.26 Å². The van der Waals surface area contributed by atoms with Crippen LogP contribution in [-0.2, 0) is 29.9 Å². The normalized spacial score (nSPS) is 16.1. The summed E-state index contributed by atoms with van der Waals surface area (Å²) in [6.45, 7) is 5.42. The number of fused-ring (bicyclic) bond motifs is 1. The quantitative estimate of drug-likeness (QED) is 0.264. The Kier molecular flexibility index (Phi) is 6.62. The third kappa shape index (κ3) is 4.76. The van der Waals surface area contributed by atoms with E-state index in [4.69, 9.17) is 14.2 Å². The second-order valence-electron chi connectivity index (χ2n) is 8.17. The number of hydrogen-bond donors (Lipinski definition) is 0. The van der Waals surface area contributed by atoms with Crippen LogP contribution in [0.1, 0.15) is 47.5 Å². The highest BCUT2D eigenvalue weighted by Gasteiger charge is 2.23. The zero-order valence-corrected chi connectivity index (χ0v) is 20.4. The molecule has 0 amide bonds. The van der Waals surface area contributed by atoms with Crippen molar-refractivity contribution in [3.8, 4) is 0 Å². The summed E-state index contributed by atoms with van der Waals surface area (Å²) in [6.07, 6.45) is 3.48. The van der Waals surface area contributed by atoms with Crippen LogP contribution in [0.25, 0.3) is 10.2 Å². The van der Waals surface area contributed by atoms with E-state index in [1.165, 1.54) is 11.8 Å². The van der Waals surface area contributed by atoms with Crippen LogP contribution in [0.5, 0.6) is 0 Å². The number of hydrogen-bond acceptors (Lipinski definition) is 8. The minimum atomic E-state index is 0.0227. The van der Waals surface area contributed by atoms with Crippen molar-refractivity contribution >= 4 is 33.3 Å². The fraction of sp³-hybridized carbons (Fsp3) is 0.417. The van der Waals surface area contributed by atoms with Crippen molar-refractivity contribution in [3.63, 3.8) is 0 Å². The Morgan fingerprint density at radius 3 is 2.85 bits per heavy atom. The van der Waals surface area contributed by atoms with E-state index in [1.54, 1.807) is 15.9 Å². The topological polar surface area (TPSA) is 83.0 Å². The second kappa shape index (κ2) is 9.79. The van der Waals surface area contributed by atoms with E-state index in [1.807, 2.05) is 30.3 Å². The smallest absolute Gasteiger partial charge is 0.263 e. The first-order valence-corrected chi connectivity index (χ1v) is 13.0. The van der Waals surface area contributed by atoms with Gasteiger partial charge in [-0.1, -0.05) is 54.2 Å². The summed E-state index contributed by atoms with van der Waals surface area (Å²) in [7, 11) is 0. The first kappa shape index (κ1) is 22.3. The van der Waals surface area contributed by atoms with Crippen molar-refractivity contribution < 1.29 is 9.26 Å². The summed E-state index contributed by atoms with van der Waals surface area (Å²) in [5.41, 5.74) is 2.26. The lowest BCUT2D eigenvalue weighted by atomic mass is 10.1. The minimum Gasteiger partial charge on any atom is -0.376 e. The molecule has 0 radical (unpaired) electrons. The zero-order chi connectivity index (χ0) is 22.8. The predicted octanol–water partition coefficient (Wildman–Crippen LogP) is 4.77. The fourth-order valence-electron chi connectivity index (χ4n) is 4.25. The predicted molar refractivity (Wildman–Crippen MR) is 130 cm³/mol. The molecule has 0 spiro atoms. The average Bonchev–Trinajstić information content (AvgIpc) is 3.55.